The number of thiophene rings is 1. The number of aromatic amines is 1. The van der Waals surface area contributed by atoms with Gasteiger partial charge in [-0.2, -0.15) is 5.10 Å². The number of aryl methyl sites for hydroxylation is 1. The smallest absolute Gasteiger partial charge is 0.238 e. The molecule has 2 heterocycles. The number of nitrogens with zero attached hydrogens (tertiary/aromatic N) is 1. The first-order chi connectivity index (χ1) is 10.9. The average Bonchev–Trinajstić information content (AvgIpc) is 3.12. The van der Waals surface area contributed by atoms with Crippen molar-refractivity contribution in [3.05, 3.63) is 58.7 Å². The van der Waals surface area contributed by atoms with Gasteiger partial charge >= 0.3 is 0 Å². The van der Waals surface area contributed by atoms with Gasteiger partial charge in [-0.25, -0.2) is 12.8 Å². The van der Waals surface area contributed by atoms with E-state index in [0.717, 1.165) is 16.1 Å². The molecule has 0 saturated carbocycles. The number of H-pyrrole nitrogens is 1. The molecule has 3 rings (SSSR count). The molecule has 120 valence electrons. The Kier molecular flexibility index (Phi) is 4.18. The van der Waals surface area contributed by atoms with Gasteiger partial charge in [0, 0.05) is 11.6 Å². The van der Waals surface area contributed by atoms with Crippen LogP contribution < -0.4 is 4.72 Å². The highest BCUT2D eigenvalue weighted by molar-refractivity contribution is 7.91. The standard InChI is InChI=1S/C15H14FN3O2S2/c1-10-4-5-11(12(16)7-10)9-23(20,21)19-15-8-13(17-18-15)14-3-2-6-22-14/h2-8H,9H2,1H3,(H2,17,18,19). The highest BCUT2D eigenvalue weighted by Gasteiger charge is 2.16. The van der Waals surface area contributed by atoms with Crippen LogP contribution >= 0.6 is 11.3 Å². The number of halogens is 1. The van der Waals surface area contributed by atoms with Crippen LogP contribution in [0.2, 0.25) is 0 Å². The van der Waals surface area contributed by atoms with Crippen molar-refractivity contribution in [3.63, 3.8) is 0 Å². The van der Waals surface area contributed by atoms with Crippen LogP contribution in [0.15, 0.2) is 41.8 Å². The summed E-state index contributed by atoms with van der Waals surface area (Å²) in [5, 5.41) is 8.62. The monoisotopic (exact) mass is 351 g/mol. The summed E-state index contributed by atoms with van der Waals surface area (Å²) in [5.74, 6) is -0.794. The number of anilines is 1. The zero-order valence-electron chi connectivity index (χ0n) is 12.2. The summed E-state index contributed by atoms with van der Waals surface area (Å²) in [7, 11) is -3.75. The van der Waals surface area contributed by atoms with Gasteiger partial charge in [-0.15, -0.1) is 11.3 Å². The highest BCUT2D eigenvalue weighted by Crippen LogP contribution is 2.25. The van der Waals surface area contributed by atoms with Crippen LogP contribution in [0.1, 0.15) is 11.1 Å². The molecule has 2 aromatic heterocycles. The predicted octanol–water partition coefficient (Wildman–Crippen LogP) is 3.53. The summed E-state index contributed by atoms with van der Waals surface area (Å²) in [6.45, 7) is 1.75. The topological polar surface area (TPSA) is 74.8 Å². The van der Waals surface area contributed by atoms with Crippen molar-refractivity contribution in [2.45, 2.75) is 12.7 Å². The molecule has 5 nitrogen and oxygen atoms in total. The summed E-state index contributed by atoms with van der Waals surface area (Å²) >= 11 is 1.52. The quantitative estimate of drug-likeness (QED) is 0.738. The summed E-state index contributed by atoms with van der Waals surface area (Å²) in [6, 6.07) is 9.87. The fraction of sp³-hybridized carbons (Fsp3) is 0.133. The summed E-state index contributed by atoms with van der Waals surface area (Å²) in [5.41, 5.74) is 1.58. The molecule has 0 amide bonds. The number of sulfonamides is 1. The lowest BCUT2D eigenvalue weighted by Gasteiger charge is -2.07. The number of rotatable bonds is 5. The van der Waals surface area contributed by atoms with Crippen LogP contribution in [-0.4, -0.2) is 18.6 Å². The molecule has 0 bridgehead atoms. The van der Waals surface area contributed by atoms with Gasteiger partial charge in [0.25, 0.3) is 0 Å². The van der Waals surface area contributed by atoms with Crippen LogP contribution in [-0.2, 0) is 15.8 Å². The molecule has 23 heavy (non-hydrogen) atoms. The van der Waals surface area contributed by atoms with Crippen molar-refractivity contribution < 1.29 is 12.8 Å². The molecule has 0 atom stereocenters. The molecule has 0 radical (unpaired) electrons. The summed E-state index contributed by atoms with van der Waals surface area (Å²) in [4.78, 5) is 0.951. The molecule has 1 aromatic carbocycles. The summed E-state index contributed by atoms with van der Waals surface area (Å²) < 4.78 is 40.5. The maximum Gasteiger partial charge on any atom is 0.238 e. The molecular formula is C15H14FN3O2S2. The zero-order valence-corrected chi connectivity index (χ0v) is 13.8. The lowest BCUT2D eigenvalue weighted by Crippen LogP contribution is -2.16. The third kappa shape index (κ3) is 3.77. The van der Waals surface area contributed by atoms with Crippen molar-refractivity contribution in [1.82, 2.24) is 10.2 Å². The number of nitrogens with one attached hydrogen (secondary N) is 2. The molecular weight excluding hydrogens is 337 g/mol. The molecule has 0 aliphatic carbocycles. The normalized spacial score (nSPS) is 11.6. The van der Waals surface area contributed by atoms with Crippen molar-refractivity contribution in [3.8, 4) is 10.6 Å². The first kappa shape index (κ1) is 15.7. The minimum absolute atomic E-state index is 0.122. The molecule has 0 fully saturated rings. The Bertz CT molecular complexity index is 918. The summed E-state index contributed by atoms with van der Waals surface area (Å²) in [6.07, 6.45) is 0. The maximum atomic E-state index is 13.8. The third-order valence-corrected chi connectivity index (χ3v) is 5.29. The van der Waals surface area contributed by atoms with E-state index in [-0.39, 0.29) is 11.4 Å². The number of benzene rings is 1. The molecule has 0 spiro atoms. The lowest BCUT2D eigenvalue weighted by atomic mass is 10.2. The first-order valence-electron chi connectivity index (χ1n) is 6.78. The van der Waals surface area contributed by atoms with E-state index in [1.807, 2.05) is 17.5 Å². The minimum Gasteiger partial charge on any atom is -0.275 e. The Balaban J connectivity index is 1.76. The van der Waals surface area contributed by atoms with Gasteiger partial charge in [-0.05, 0) is 30.0 Å². The van der Waals surface area contributed by atoms with Crippen LogP contribution in [0.4, 0.5) is 10.2 Å². The fourth-order valence-corrected chi connectivity index (χ4v) is 3.93. The Morgan fingerprint density at radius 1 is 1.30 bits per heavy atom. The first-order valence-corrected chi connectivity index (χ1v) is 9.31. The van der Waals surface area contributed by atoms with Gasteiger partial charge in [0.15, 0.2) is 5.82 Å². The van der Waals surface area contributed by atoms with E-state index < -0.39 is 21.6 Å². The fourth-order valence-electron chi connectivity index (χ4n) is 2.10. The van der Waals surface area contributed by atoms with E-state index in [0.29, 0.717) is 0 Å². The lowest BCUT2D eigenvalue weighted by molar-refractivity contribution is 0.590. The molecule has 0 aliphatic heterocycles. The van der Waals surface area contributed by atoms with E-state index >= 15 is 0 Å². The number of hydrogen-bond acceptors (Lipinski definition) is 4. The Hall–Kier alpha value is -2.19. The molecule has 0 saturated heterocycles. The van der Waals surface area contributed by atoms with Crippen molar-refractivity contribution in [2.75, 3.05) is 4.72 Å². The van der Waals surface area contributed by atoms with Crippen molar-refractivity contribution in [1.29, 1.82) is 0 Å². The second-order valence-corrected chi connectivity index (χ2v) is 7.77. The molecule has 8 heteroatoms. The van der Waals surface area contributed by atoms with Crippen LogP contribution in [0.3, 0.4) is 0 Å². The van der Waals surface area contributed by atoms with Gasteiger partial charge in [0.1, 0.15) is 5.82 Å². The van der Waals surface area contributed by atoms with E-state index in [9.17, 15) is 12.8 Å². The minimum atomic E-state index is -3.75. The van der Waals surface area contributed by atoms with Gasteiger partial charge in [0.05, 0.1) is 16.3 Å². The van der Waals surface area contributed by atoms with E-state index in [1.165, 1.54) is 23.5 Å². The maximum absolute atomic E-state index is 13.8. The predicted molar refractivity (Wildman–Crippen MR) is 89.3 cm³/mol. The molecule has 0 unspecified atom stereocenters. The number of hydrogen-bond donors (Lipinski definition) is 2. The van der Waals surface area contributed by atoms with Crippen LogP contribution in [0.5, 0.6) is 0 Å². The Morgan fingerprint density at radius 3 is 2.83 bits per heavy atom. The van der Waals surface area contributed by atoms with E-state index in [2.05, 4.69) is 14.9 Å². The van der Waals surface area contributed by atoms with Gasteiger partial charge in [-0.3, -0.25) is 9.82 Å². The van der Waals surface area contributed by atoms with Crippen LogP contribution in [0, 0.1) is 12.7 Å². The zero-order chi connectivity index (χ0) is 16.4. The van der Waals surface area contributed by atoms with Crippen molar-refractivity contribution >= 4 is 27.2 Å². The second-order valence-electron chi connectivity index (χ2n) is 5.10. The van der Waals surface area contributed by atoms with Gasteiger partial charge < -0.3 is 0 Å². The largest absolute Gasteiger partial charge is 0.275 e. The van der Waals surface area contributed by atoms with Gasteiger partial charge in [0.2, 0.25) is 10.0 Å². The van der Waals surface area contributed by atoms with Crippen molar-refractivity contribution in [2.24, 2.45) is 0 Å². The third-order valence-electron chi connectivity index (χ3n) is 3.18. The average molecular weight is 351 g/mol. The SMILES string of the molecule is Cc1ccc(CS(=O)(=O)Nc2cc(-c3cccs3)[nH]n2)c(F)c1. The highest BCUT2D eigenvalue weighted by atomic mass is 32.2. The van der Waals surface area contributed by atoms with Gasteiger partial charge in [-0.1, -0.05) is 18.2 Å². The second kappa shape index (κ2) is 6.13. The Morgan fingerprint density at radius 2 is 2.13 bits per heavy atom. The number of aromatic nitrogens is 2. The molecule has 3 aromatic rings. The Labute approximate surface area is 137 Å². The van der Waals surface area contributed by atoms with E-state index in [1.54, 1.807) is 19.1 Å². The van der Waals surface area contributed by atoms with E-state index in [4.69, 9.17) is 0 Å². The van der Waals surface area contributed by atoms with Crippen LogP contribution in [0.25, 0.3) is 10.6 Å². The molecule has 0 aliphatic rings. The molecule has 2 N–H and O–H groups in total.